The molecule has 6 nitrogen and oxygen atoms in total. The highest BCUT2D eigenvalue weighted by molar-refractivity contribution is 6.03. The maximum absolute atomic E-state index is 12.9. The Bertz CT molecular complexity index is 1240. The van der Waals surface area contributed by atoms with Gasteiger partial charge >= 0.3 is 0 Å². The second kappa shape index (κ2) is 7.08. The van der Waals surface area contributed by atoms with Crippen LogP contribution in [0.25, 0.3) is 16.6 Å². The molecule has 0 unspecified atom stereocenters. The summed E-state index contributed by atoms with van der Waals surface area (Å²) in [6.07, 6.45) is 0. The monoisotopic (exact) mass is 370 g/mol. The maximum atomic E-state index is 12.9. The van der Waals surface area contributed by atoms with Gasteiger partial charge in [0.2, 0.25) is 0 Å². The summed E-state index contributed by atoms with van der Waals surface area (Å²) in [5, 5.41) is 3.33. The summed E-state index contributed by atoms with van der Waals surface area (Å²) in [5.41, 5.74) is 2.50. The lowest BCUT2D eigenvalue weighted by Gasteiger charge is -2.11. The number of hydrogen-bond donors (Lipinski definition) is 1. The fourth-order valence-corrected chi connectivity index (χ4v) is 3.11. The Hall–Kier alpha value is -3.80. The van der Waals surface area contributed by atoms with E-state index in [9.17, 15) is 9.59 Å². The lowest BCUT2D eigenvalue weighted by Crippen LogP contribution is -2.22. The zero-order valence-electron chi connectivity index (χ0n) is 15.5. The molecule has 4 rings (SSSR count). The van der Waals surface area contributed by atoms with E-state index in [4.69, 9.17) is 0 Å². The number of hydrogen-bond acceptors (Lipinski definition) is 4. The van der Waals surface area contributed by atoms with Gasteiger partial charge in [-0.3, -0.25) is 14.2 Å². The average molecular weight is 370 g/mol. The topological polar surface area (TPSA) is 76.9 Å². The Balaban J connectivity index is 1.66. The zero-order chi connectivity index (χ0) is 19.7. The highest BCUT2D eigenvalue weighted by atomic mass is 16.1. The van der Waals surface area contributed by atoms with E-state index in [1.807, 2.05) is 37.3 Å². The molecule has 2 aromatic carbocycles. The number of nitrogens with one attached hydrogen (secondary N) is 1. The summed E-state index contributed by atoms with van der Waals surface area (Å²) < 4.78 is 1.55. The SMILES string of the molecule is Cc1cccc(NC(=O)c2ccc(-n3c(C)nc4ccccc4c3=O)cc2)n1. The first-order valence-electron chi connectivity index (χ1n) is 8.87. The van der Waals surface area contributed by atoms with Crippen LogP contribution in [0.4, 0.5) is 5.82 Å². The third kappa shape index (κ3) is 3.27. The molecule has 1 amide bonds. The van der Waals surface area contributed by atoms with Gasteiger partial charge in [-0.25, -0.2) is 9.97 Å². The van der Waals surface area contributed by atoms with Crippen molar-refractivity contribution >= 4 is 22.6 Å². The molecule has 0 saturated carbocycles. The summed E-state index contributed by atoms with van der Waals surface area (Å²) in [6, 6.07) is 19.5. The van der Waals surface area contributed by atoms with Gasteiger partial charge in [0, 0.05) is 11.3 Å². The van der Waals surface area contributed by atoms with Crippen LogP contribution in [0.2, 0.25) is 0 Å². The van der Waals surface area contributed by atoms with Crippen molar-refractivity contribution in [2.24, 2.45) is 0 Å². The van der Waals surface area contributed by atoms with Crippen LogP contribution in [0.1, 0.15) is 21.9 Å². The molecule has 0 aliphatic heterocycles. The summed E-state index contributed by atoms with van der Waals surface area (Å²) in [7, 11) is 0. The van der Waals surface area contributed by atoms with E-state index in [0.29, 0.717) is 33.8 Å². The summed E-state index contributed by atoms with van der Waals surface area (Å²) in [4.78, 5) is 34.1. The summed E-state index contributed by atoms with van der Waals surface area (Å²) in [6.45, 7) is 3.65. The molecule has 0 saturated heterocycles. The molecular formula is C22H18N4O2. The normalized spacial score (nSPS) is 10.8. The van der Waals surface area contributed by atoms with Crippen molar-refractivity contribution < 1.29 is 4.79 Å². The minimum Gasteiger partial charge on any atom is -0.307 e. The predicted molar refractivity (Wildman–Crippen MR) is 109 cm³/mol. The molecule has 4 aromatic rings. The number of rotatable bonds is 3. The fraction of sp³-hybridized carbons (Fsp3) is 0.0909. The van der Waals surface area contributed by atoms with Crippen molar-refractivity contribution in [2.45, 2.75) is 13.8 Å². The second-order valence-electron chi connectivity index (χ2n) is 6.48. The Morgan fingerprint density at radius 3 is 2.39 bits per heavy atom. The van der Waals surface area contributed by atoms with Gasteiger partial charge in [-0.1, -0.05) is 18.2 Å². The van der Waals surface area contributed by atoms with Crippen molar-refractivity contribution in [3.05, 3.63) is 94.2 Å². The number of aromatic nitrogens is 3. The number of pyridine rings is 1. The van der Waals surface area contributed by atoms with Crippen LogP contribution >= 0.6 is 0 Å². The third-order valence-electron chi connectivity index (χ3n) is 4.46. The number of carbonyl (C=O) groups excluding carboxylic acids is 1. The molecule has 0 atom stereocenters. The zero-order valence-corrected chi connectivity index (χ0v) is 15.5. The lowest BCUT2D eigenvalue weighted by molar-refractivity contribution is 0.102. The van der Waals surface area contributed by atoms with Crippen LogP contribution in [0.3, 0.4) is 0 Å². The van der Waals surface area contributed by atoms with Gasteiger partial charge in [-0.05, 0) is 62.4 Å². The number of para-hydroxylation sites is 1. The van der Waals surface area contributed by atoms with Crippen molar-refractivity contribution in [1.82, 2.24) is 14.5 Å². The van der Waals surface area contributed by atoms with Gasteiger partial charge in [0.1, 0.15) is 11.6 Å². The second-order valence-corrected chi connectivity index (χ2v) is 6.48. The Labute approximate surface area is 161 Å². The first kappa shape index (κ1) is 17.6. The predicted octanol–water partition coefficient (Wildman–Crippen LogP) is 3.65. The van der Waals surface area contributed by atoms with Crippen molar-refractivity contribution in [2.75, 3.05) is 5.32 Å². The first-order chi connectivity index (χ1) is 13.5. The molecule has 0 spiro atoms. The molecular weight excluding hydrogens is 352 g/mol. The number of nitrogens with zero attached hydrogens (tertiary/aromatic N) is 3. The first-order valence-corrected chi connectivity index (χ1v) is 8.87. The third-order valence-corrected chi connectivity index (χ3v) is 4.46. The molecule has 2 heterocycles. The van der Waals surface area contributed by atoms with E-state index in [-0.39, 0.29) is 11.5 Å². The van der Waals surface area contributed by atoms with E-state index in [1.54, 1.807) is 47.9 Å². The molecule has 0 aliphatic rings. The smallest absolute Gasteiger partial charge is 0.265 e. The molecule has 0 aliphatic carbocycles. The van der Waals surface area contributed by atoms with Gasteiger partial charge in [-0.2, -0.15) is 0 Å². The number of amides is 1. The van der Waals surface area contributed by atoms with Crippen molar-refractivity contribution in [3.63, 3.8) is 0 Å². The van der Waals surface area contributed by atoms with E-state index in [2.05, 4.69) is 15.3 Å². The minimum atomic E-state index is -0.259. The number of benzene rings is 2. The van der Waals surface area contributed by atoms with Gasteiger partial charge in [0.15, 0.2) is 0 Å². The number of fused-ring (bicyclic) bond motifs is 1. The molecule has 138 valence electrons. The lowest BCUT2D eigenvalue weighted by atomic mass is 10.1. The Morgan fingerprint density at radius 2 is 1.64 bits per heavy atom. The highest BCUT2D eigenvalue weighted by Gasteiger charge is 2.11. The van der Waals surface area contributed by atoms with Crippen molar-refractivity contribution in [3.8, 4) is 5.69 Å². The van der Waals surface area contributed by atoms with E-state index < -0.39 is 0 Å². The Morgan fingerprint density at radius 1 is 0.893 bits per heavy atom. The number of aryl methyl sites for hydroxylation is 2. The van der Waals surface area contributed by atoms with Gasteiger partial charge in [0.25, 0.3) is 11.5 Å². The van der Waals surface area contributed by atoms with E-state index in [0.717, 1.165) is 5.69 Å². The molecule has 0 fully saturated rings. The molecule has 0 radical (unpaired) electrons. The van der Waals surface area contributed by atoms with Crippen LogP contribution in [0.15, 0.2) is 71.5 Å². The molecule has 6 heteroatoms. The van der Waals surface area contributed by atoms with Gasteiger partial charge in [0.05, 0.1) is 16.6 Å². The molecule has 0 bridgehead atoms. The number of anilines is 1. The molecule has 1 N–H and O–H groups in total. The molecule has 28 heavy (non-hydrogen) atoms. The van der Waals surface area contributed by atoms with E-state index >= 15 is 0 Å². The average Bonchev–Trinajstić information content (AvgIpc) is 2.68. The van der Waals surface area contributed by atoms with Crippen LogP contribution in [0.5, 0.6) is 0 Å². The van der Waals surface area contributed by atoms with Crippen LogP contribution in [0, 0.1) is 13.8 Å². The number of carbonyl (C=O) groups is 1. The fourth-order valence-electron chi connectivity index (χ4n) is 3.11. The maximum Gasteiger partial charge on any atom is 0.265 e. The van der Waals surface area contributed by atoms with Crippen molar-refractivity contribution in [1.29, 1.82) is 0 Å². The highest BCUT2D eigenvalue weighted by Crippen LogP contribution is 2.14. The quantitative estimate of drug-likeness (QED) is 0.597. The van der Waals surface area contributed by atoms with E-state index in [1.165, 1.54) is 0 Å². The van der Waals surface area contributed by atoms with Gasteiger partial charge in [-0.15, -0.1) is 0 Å². The largest absolute Gasteiger partial charge is 0.307 e. The Kier molecular flexibility index (Phi) is 4.45. The molecule has 2 aromatic heterocycles. The summed E-state index contributed by atoms with van der Waals surface area (Å²) >= 11 is 0. The van der Waals surface area contributed by atoms with Crippen LogP contribution in [-0.4, -0.2) is 20.4 Å². The van der Waals surface area contributed by atoms with Gasteiger partial charge < -0.3 is 5.32 Å². The summed E-state index contributed by atoms with van der Waals surface area (Å²) in [5.74, 6) is 0.829. The van der Waals surface area contributed by atoms with Crippen LogP contribution in [-0.2, 0) is 0 Å². The van der Waals surface area contributed by atoms with Crippen LogP contribution < -0.4 is 10.9 Å². The minimum absolute atomic E-state index is 0.135. The standard InChI is InChI=1S/C22H18N4O2/c1-14-6-5-9-20(23-14)25-21(27)16-10-12-17(13-11-16)26-15(2)24-19-8-4-3-7-18(19)22(26)28/h3-13H,1-2H3,(H,23,25,27).